The van der Waals surface area contributed by atoms with Gasteiger partial charge in [-0.15, -0.1) is 13.2 Å². The monoisotopic (exact) mass is 1900 g/mol. The summed E-state index contributed by atoms with van der Waals surface area (Å²) in [7, 11) is 0. The summed E-state index contributed by atoms with van der Waals surface area (Å²) < 4.78 is 67.5. The average Bonchev–Trinajstić information content (AvgIpc) is 0.758. The van der Waals surface area contributed by atoms with E-state index in [4.69, 9.17) is 107 Å². The second-order valence-electron chi connectivity index (χ2n) is 34.7. The van der Waals surface area contributed by atoms with Crippen LogP contribution in [0.3, 0.4) is 0 Å². The van der Waals surface area contributed by atoms with E-state index in [0.29, 0.717) is 145 Å². The number of rotatable bonds is 46. The van der Waals surface area contributed by atoms with Crippen molar-refractivity contribution in [2.75, 3.05) is 145 Å². The van der Waals surface area contributed by atoms with Crippen molar-refractivity contribution in [3.05, 3.63) is 353 Å². The third-order valence-electron chi connectivity index (χ3n) is 25.2. The SMILES string of the molecule is C=CCOCCOCCOCCOCCOCCOc1ccc(-c2ccc3ccc4ccc(-c5cccc(-c6ccc7ccc8ccc(-c9cccc(-c%10ccc%11ccc%12ccc(-c%13cccc(-c%14ccc%15ccc%16ccc(-c%17cccc(-c%18ccc%19ccc%20ccc(-c%21ccc(OCCOCCOCCOCCOCCOCC=C)cc%21)nc%20c%19n%18)c%17)nc%16c%15n%14)c%13)nc%12c%11n%10)c9)nc8c7n6)c5)nc4c3n2)cc1. The Morgan fingerprint density at radius 2 is 0.299 bits per heavy atom. The highest BCUT2D eigenvalue weighted by molar-refractivity contribution is 6.09. The van der Waals surface area contributed by atoms with Gasteiger partial charge >= 0.3 is 0 Å². The lowest BCUT2D eigenvalue weighted by Crippen LogP contribution is -2.14. The number of hydrogen-bond donors (Lipinski definition) is 0. The summed E-state index contributed by atoms with van der Waals surface area (Å²) in [5.41, 5.74) is 26.0. The van der Waals surface area contributed by atoms with Crippen LogP contribution in [0.15, 0.2) is 353 Å². The largest absolute Gasteiger partial charge is 0.491 e. The van der Waals surface area contributed by atoms with Crippen molar-refractivity contribution >= 4 is 109 Å². The van der Waals surface area contributed by atoms with Gasteiger partial charge < -0.3 is 56.8 Å². The molecule has 0 spiro atoms. The van der Waals surface area contributed by atoms with E-state index in [1.165, 1.54) is 0 Å². The van der Waals surface area contributed by atoms with Crippen LogP contribution in [0.25, 0.3) is 222 Å². The van der Waals surface area contributed by atoms with Gasteiger partial charge in [0.25, 0.3) is 0 Å². The Morgan fingerprint density at radius 1 is 0.153 bits per heavy atom. The summed E-state index contributed by atoms with van der Waals surface area (Å²) in [5.74, 6) is 1.49. The summed E-state index contributed by atoms with van der Waals surface area (Å²) in [6.07, 6.45) is 3.43. The van der Waals surface area contributed by atoms with Crippen LogP contribution in [-0.4, -0.2) is 195 Å². The second kappa shape index (κ2) is 45.9. The normalized spacial score (nSPS) is 11.7. The van der Waals surface area contributed by atoms with Crippen LogP contribution in [0, 0.1) is 0 Å². The maximum absolute atomic E-state index is 6.03. The van der Waals surface area contributed by atoms with E-state index in [9.17, 15) is 0 Å². The molecule has 21 aromatic rings. The van der Waals surface area contributed by atoms with Gasteiger partial charge in [0.1, 0.15) is 24.7 Å². The van der Waals surface area contributed by atoms with Gasteiger partial charge in [-0.25, -0.2) is 49.8 Å². The molecule has 0 amide bonds. The molecule has 21 rings (SSSR count). The highest BCUT2D eigenvalue weighted by Gasteiger charge is 2.20. The van der Waals surface area contributed by atoms with Crippen molar-refractivity contribution in [3.63, 3.8) is 0 Å². The number of aromatic nitrogens is 10. The molecule has 0 saturated heterocycles. The molecule has 0 atom stereocenters. The van der Waals surface area contributed by atoms with E-state index in [-0.39, 0.29) is 0 Å². The number of pyridine rings is 10. The first-order chi connectivity index (χ1) is 71.3. The van der Waals surface area contributed by atoms with Crippen LogP contribution in [0.4, 0.5) is 0 Å². The van der Waals surface area contributed by atoms with Gasteiger partial charge in [0.15, 0.2) is 0 Å². The molecule has 22 nitrogen and oxygen atoms in total. The van der Waals surface area contributed by atoms with Gasteiger partial charge in [-0.1, -0.05) is 206 Å². The topological polar surface area (TPSA) is 240 Å². The fraction of sp³-hybridized carbons (Fsp3) is 0.180. The molecule has 0 radical (unpaired) electrons. The lowest BCUT2D eigenvalue weighted by Gasteiger charge is -2.11. The predicted octanol–water partition coefficient (Wildman–Crippen LogP) is 25.1. The molecule has 10 heterocycles. The van der Waals surface area contributed by atoms with Crippen LogP contribution >= 0.6 is 0 Å². The molecular weight excluding hydrogens is 1800 g/mol. The van der Waals surface area contributed by atoms with E-state index in [0.717, 1.165) is 233 Å². The molecule has 714 valence electrons. The smallest absolute Gasteiger partial charge is 0.119 e. The maximum Gasteiger partial charge on any atom is 0.119 e. The van der Waals surface area contributed by atoms with Gasteiger partial charge in [-0.05, 0) is 133 Å². The quantitative estimate of drug-likeness (QED) is 0.0196. The lowest BCUT2D eigenvalue weighted by atomic mass is 10.0. The molecule has 0 aliphatic rings. The van der Waals surface area contributed by atoms with Crippen molar-refractivity contribution < 1.29 is 56.8 Å². The van der Waals surface area contributed by atoms with Crippen molar-refractivity contribution in [2.24, 2.45) is 0 Å². The summed E-state index contributed by atoms with van der Waals surface area (Å²) in [4.78, 5) is 53.7. The van der Waals surface area contributed by atoms with E-state index >= 15 is 0 Å². The summed E-state index contributed by atoms with van der Waals surface area (Å²) in [6.45, 7) is 18.0. The Labute approximate surface area is 832 Å². The fourth-order valence-electron chi connectivity index (χ4n) is 17.8. The highest BCUT2D eigenvalue weighted by Crippen LogP contribution is 2.40. The van der Waals surface area contributed by atoms with Crippen molar-refractivity contribution in [1.29, 1.82) is 0 Å². The Hall–Kier alpha value is -15.8. The predicted molar refractivity (Wildman–Crippen MR) is 573 cm³/mol. The minimum absolute atomic E-state index is 0.407. The second-order valence-corrected chi connectivity index (χ2v) is 34.7. The molecule has 0 saturated carbocycles. The number of fused-ring (bicyclic) bond motifs is 15. The van der Waals surface area contributed by atoms with Gasteiger partial charge in [-0.3, -0.25) is 0 Å². The molecule has 144 heavy (non-hydrogen) atoms. The van der Waals surface area contributed by atoms with Crippen LogP contribution in [0.5, 0.6) is 11.5 Å². The van der Waals surface area contributed by atoms with E-state index in [2.05, 4.69) is 292 Å². The summed E-state index contributed by atoms with van der Waals surface area (Å²) in [6, 6.07) is 113. The average molecular weight is 1900 g/mol. The van der Waals surface area contributed by atoms with Crippen molar-refractivity contribution in [1.82, 2.24) is 49.8 Å². The lowest BCUT2D eigenvalue weighted by molar-refractivity contribution is -0.0112. The number of ether oxygens (including phenoxy) is 12. The molecule has 11 aromatic carbocycles. The standard InChI is InChI=1S/C122H104N10O12/c1-3-55-133-57-59-135-61-63-137-65-67-139-69-71-141-73-75-143-101-41-27-81(28-42-101)103-45-31-83-17-19-85-33-47-105(125-115(85)113(83)123-103)93-9-5-11-95(77-93)107-49-35-87-21-23-89-37-51-109(129-119(89)117(87)127-107)97-13-7-15-99(79-97)111-53-39-91-25-26-92-40-54-112(132-122(92)121(91)131-111)100-16-8-14-98(80-100)110-52-38-90-24-22-88-36-50-108(128-118(88)120(90)130-110)96-12-6-10-94(78-96)106-48-34-86-20-18-84-32-46-104(124-114(84)116(86)126-106)82-29-43-102(44-30-82)144-76-74-142-72-70-140-68-66-138-64-62-136-60-58-134-56-4-2/h3-54,77-80H,1-2,55-76H2. The van der Waals surface area contributed by atoms with Gasteiger partial charge in [0, 0.05) is 109 Å². The summed E-state index contributed by atoms with van der Waals surface area (Å²) in [5, 5.41) is 9.94. The minimum Gasteiger partial charge on any atom is -0.491 e. The molecule has 0 N–H and O–H groups in total. The third-order valence-corrected chi connectivity index (χ3v) is 25.2. The zero-order chi connectivity index (χ0) is 97.0. The maximum atomic E-state index is 6.03. The molecule has 0 aliphatic carbocycles. The Morgan fingerprint density at radius 3 is 0.465 bits per heavy atom. The van der Waals surface area contributed by atoms with Crippen molar-refractivity contribution in [3.8, 4) is 124 Å². The van der Waals surface area contributed by atoms with E-state index in [1.807, 2.05) is 48.5 Å². The first kappa shape index (κ1) is 94.4. The van der Waals surface area contributed by atoms with Crippen LogP contribution in [0.2, 0.25) is 0 Å². The zero-order valence-electron chi connectivity index (χ0n) is 79.7. The number of benzene rings is 11. The molecule has 10 aromatic heterocycles. The van der Waals surface area contributed by atoms with Crippen LogP contribution in [-0.2, 0) is 47.4 Å². The van der Waals surface area contributed by atoms with E-state index in [1.54, 1.807) is 12.2 Å². The zero-order valence-corrected chi connectivity index (χ0v) is 79.7. The number of hydrogen-bond acceptors (Lipinski definition) is 22. The number of nitrogens with zero attached hydrogens (tertiary/aromatic N) is 10. The van der Waals surface area contributed by atoms with Crippen LogP contribution < -0.4 is 9.47 Å². The van der Waals surface area contributed by atoms with Gasteiger partial charge in [0.2, 0.25) is 0 Å². The van der Waals surface area contributed by atoms with Gasteiger partial charge in [0.05, 0.1) is 244 Å². The molecule has 0 unspecified atom stereocenters. The minimum atomic E-state index is 0.407. The third kappa shape index (κ3) is 22.4. The van der Waals surface area contributed by atoms with Crippen molar-refractivity contribution in [2.45, 2.75) is 0 Å². The first-order valence-corrected chi connectivity index (χ1v) is 48.7. The highest BCUT2D eigenvalue weighted by atomic mass is 16.6. The molecule has 0 aliphatic heterocycles. The Kier molecular flexibility index (Phi) is 30.1. The Balaban J connectivity index is 0.467. The summed E-state index contributed by atoms with van der Waals surface area (Å²) >= 11 is 0. The molecular formula is C122H104N10O12. The molecule has 0 fully saturated rings. The molecule has 0 bridgehead atoms. The van der Waals surface area contributed by atoms with Gasteiger partial charge in [-0.2, -0.15) is 0 Å². The Bertz CT molecular complexity index is 7740. The fourth-order valence-corrected chi connectivity index (χ4v) is 17.8. The van der Waals surface area contributed by atoms with Crippen LogP contribution in [0.1, 0.15) is 0 Å². The van der Waals surface area contributed by atoms with E-state index < -0.39 is 0 Å². The first-order valence-electron chi connectivity index (χ1n) is 48.7. The molecule has 22 heteroatoms.